The number of carbonyl (C=O) groups is 2. The van der Waals surface area contributed by atoms with E-state index in [0.29, 0.717) is 5.92 Å². The zero-order valence-corrected chi connectivity index (χ0v) is 11.9. The number of hydrogen-bond donors (Lipinski definition) is 0. The van der Waals surface area contributed by atoms with Crippen molar-refractivity contribution in [2.24, 2.45) is 5.92 Å². The molecule has 19 heavy (non-hydrogen) atoms. The molecule has 4 nitrogen and oxygen atoms in total. The Labute approximate surface area is 115 Å². The number of likely N-dealkylation sites (tertiary alicyclic amines) is 2. The zero-order chi connectivity index (χ0) is 13.5. The minimum absolute atomic E-state index is 0.0653. The number of rotatable bonds is 0. The lowest BCUT2D eigenvalue weighted by molar-refractivity contribution is -0.156. The second-order valence-electron chi connectivity index (χ2n) is 6.61. The molecular formula is C15H24N2O2. The molecule has 1 spiro atoms. The Balaban J connectivity index is 1.65. The molecule has 3 fully saturated rings. The molecule has 2 aliphatic heterocycles. The summed E-state index contributed by atoms with van der Waals surface area (Å²) in [7, 11) is 0. The minimum atomic E-state index is -0.250. The van der Waals surface area contributed by atoms with Crippen LogP contribution in [0.3, 0.4) is 0 Å². The summed E-state index contributed by atoms with van der Waals surface area (Å²) < 4.78 is 0. The Hall–Kier alpha value is -1.06. The predicted octanol–water partition coefficient (Wildman–Crippen LogP) is 1.79. The number of nitrogens with zero attached hydrogens (tertiary/aromatic N) is 2. The third-order valence-electron chi connectivity index (χ3n) is 5.38. The first-order chi connectivity index (χ1) is 9.12. The van der Waals surface area contributed by atoms with Crippen molar-refractivity contribution in [2.45, 2.75) is 57.4 Å². The van der Waals surface area contributed by atoms with E-state index in [9.17, 15) is 9.59 Å². The summed E-state index contributed by atoms with van der Waals surface area (Å²) in [6.07, 6.45) is 7.64. The van der Waals surface area contributed by atoms with E-state index >= 15 is 0 Å². The van der Waals surface area contributed by atoms with Gasteiger partial charge in [0.25, 0.3) is 0 Å². The molecule has 106 valence electrons. The number of hydrogen-bond acceptors (Lipinski definition) is 2. The van der Waals surface area contributed by atoms with Crippen LogP contribution in [0.5, 0.6) is 0 Å². The van der Waals surface area contributed by atoms with Gasteiger partial charge in [-0.1, -0.05) is 6.92 Å². The van der Waals surface area contributed by atoms with Gasteiger partial charge in [0.2, 0.25) is 0 Å². The quantitative estimate of drug-likeness (QED) is 0.626. The molecule has 4 heteroatoms. The van der Waals surface area contributed by atoms with Crippen LogP contribution in [0.2, 0.25) is 0 Å². The maximum absolute atomic E-state index is 12.5. The van der Waals surface area contributed by atoms with E-state index in [1.165, 1.54) is 6.42 Å². The van der Waals surface area contributed by atoms with E-state index < -0.39 is 0 Å². The fourth-order valence-electron chi connectivity index (χ4n) is 3.82. The molecule has 2 amide bonds. The summed E-state index contributed by atoms with van der Waals surface area (Å²) in [6.45, 7) is 4.52. The molecule has 1 aliphatic carbocycles. The number of carbonyl (C=O) groups excluding carboxylic acids is 2. The zero-order valence-electron chi connectivity index (χ0n) is 11.9. The number of piperidine rings is 1. The van der Waals surface area contributed by atoms with E-state index in [1.807, 2.05) is 4.90 Å². The lowest BCUT2D eigenvalue weighted by Crippen LogP contribution is -2.56. The average Bonchev–Trinajstić information content (AvgIpc) is 2.82. The lowest BCUT2D eigenvalue weighted by atomic mass is 9.75. The van der Waals surface area contributed by atoms with Crippen molar-refractivity contribution in [1.29, 1.82) is 0 Å². The van der Waals surface area contributed by atoms with Crippen LogP contribution in [0.1, 0.15) is 51.9 Å². The Bertz CT molecular complexity index is 382. The summed E-state index contributed by atoms with van der Waals surface area (Å²) in [4.78, 5) is 28.5. The molecule has 2 saturated heterocycles. The van der Waals surface area contributed by atoms with Gasteiger partial charge in [0.05, 0.1) is 0 Å². The van der Waals surface area contributed by atoms with E-state index in [2.05, 4.69) is 6.92 Å². The summed E-state index contributed by atoms with van der Waals surface area (Å²) >= 11 is 0. The SMILES string of the molecule is CC1CCN(C(=O)C(=O)N2CCCC23CCC3)CC1. The smallest absolute Gasteiger partial charge is 0.312 e. The van der Waals surface area contributed by atoms with E-state index in [0.717, 1.165) is 58.2 Å². The molecule has 0 aromatic carbocycles. The van der Waals surface area contributed by atoms with Crippen molar-refractivity contribution in [3.05, 3.63) is 0 Å². The molecule has 1 saturated carbocycles. The van der Waals surface area contributed by atoms with Gasteiger partial charge < -0.3 is 9.80 Å². The first-order valence-electron chi connectivity index (χ1n) is 7.73. The predicted molar refractivity (Wildman–Crippen MR) is 72.5 cm³/mol. The Morgan fingerprint density at radius 3 is 2.16 bits per heavy atom. The van der Waals surface area contributed by atoms with Gasteiger partial charge in [0.1, 0.15) is 0 Å². The van der Waals surface area contributed by atoms with Crippen molar-refractivity contribution >= 4 is 11.8 Å². The molecule has 0 N–H and O–H groups in total. The van der Waals surface area contributed by atoms with Gasteiger partial charge in [0, 0.05) is 25.2 Å². The third-order valence-corrected chi connectivity index (χ3v) is 5.38. The van der Waals surface area contributed by atoms with Crippen LogP contribution in [0.4, 0.5) is 0 Å². The van der Waals surface area contributed by atoms with Crippen molar-refractivity contribution < 1.29 is 9.59 Å². The van der Waals surface area contributed by atoms with Crippen molar-refractivity contribution in [2.75, 3.05) is 19.6 Å². The van der Waals surface area contributed by atoms with Gasteiger partial charge in [-0.05, 0) is 50.9 Å². The van der Waals surface area contributed by atoms with Crippen LogP contribution in [0.25, 0.3) is 0 Å². The van der Waals surface area contributed by atoms with Crippen LogP contribution in [-0.4, -0.2) is 46.8 Å². The Kier molecular flexibility index (Phi) is 3.27. The van der Waals surface area contributed by atoms with Crippen LogP contribution in [-0.2, 0) is 9.59 Å². The topological polar surface area (TPSA) is 40.6 Å². The summed E-state index contributed by atoms with van der Waals surface area (Å²) in [6, 6.07) is 0. The van der Waals surface area contributed by atoms with E-state index in [4.69, 9.17) is 0 Å². The largest absolute Gasteiger partial charge is 0.334 e. The molecule has 0 bridgehead atoms. The molecule has 3 rings (SSSR count). The lowest BCUT2D eigenvalue weighted by Gasteiger charge is -2.46. The molecule has 0 atom stereocenters. The average molecular weight is 264 g/mol. The second kappa shape index (κ2) is 4.80. The minimum Gasteiger partial charge on any atom is -0.334 e. The first-order valence-corrected chi connectivity index (χ1v) is 7.73. The van der Waals surface area contributed by atoms with E-state index in [1.54, 1.807) is 4.90 Å². The summed E-state index contributed by atoms with van der Waals surface area (Å²) in [5.74, 6) is 0.204. The van der Waals surface area contributed by atoms with Crippen LogP contribution in [0, 0.1) is 5.92 Å². The van der Waals surface area contributed by atoms with Gasteiger partial charge in [-0.25, -0.2) is 0 Å². The molecule has 2 heterocycles. The molecular weight excluding hydrogens is 240 g/mol. The molecule has 0 radical (unpaired) electrons. The fourth-order valence-corrected chi connectivity index (χ4v) is 3.82. The number of amides is 2. The summed E-state index contributed by atoms with van der Waals surface area (Å²) in [5.41, 5.74) is 0.0653. The molecule has 0 unspecified atom stereocenters. The maximum atomic E-state index is 12.5. The highest BCUT2D eigenvalue weighted by molar-refractivity contribution is 6.35. The Morgan fingerprint density at radius 1 is 0.947 bits per heavy atom. The first kappa shape index (κ1) is 12.9. The van der Waals surface area contributed by atoms with E-state index in [-0.39, 0.29) is 17.4 Å². The molecule has 0 aromatic rings. The van der Waals surface area contributed by atoms with Gasteiger partial charge in [-0.15, -0.1) is 0 Å². The van der Waals surface area contributed by atoms with Gasteiger partial charge >= 0.3 is 11.8 Å². The van der Waals surface area contributed by atoms with Gasteiger partial charge in [0.15, 0.2) is 0 Å². The monoisotopic (exact) mass is 264 g/mol. The normalized spacial score (nSPS) is 26.6. The van der Waals surface area contributed by atoms with Gasteiger partial charge in [-0.2, -0.15) is 0 Å². The molecule has 3 aliphatic rings. The highest BCUT2D eigenvalue weighted by atomic mass is 16.2. The summed E-state index contributed by atoms with van der Waals surface area (Å²) in [5, 5.41) is 0. The maximum Gasteiger partial charge on any atom is 0.312 e. The van der Waals surface area contributed by atoms with Crippen LogP contribution >= 0.6 is 0 Å². The fraction of sp³-hybridized carbons (Fsp3) is 0.867. The third kappa shape index (κ3) is 2.15. The standard InChI is InChI=1S/C15H24N2O2/c1-12-4-10-16(11-5-12)13(18)14(19)17-9-3-8-15(17)6-2-7-15/h12H,2-11H2,1H3. The van der Waals surface area contributed by atoms with Crippen molar-refractivity contribution in [3.63, 3.8) is 0 Å². The van der Waals surface area contributed by atoms with Crippen LogP contribution in [0.15, 0.2) is 0 Å². The van der Waals surface area contributed by atoms with Crippen LogP contribution < -0.4 is 0 Å². The van der Waals surface area contributed by atoms with Crippen molar-refractivity contribution in [3.8, 4) is 0 Å². The Morgan fingerprint density at radius 2 is 1.58 bits per heavy atom. The second-order valence-corrected chi connectivity index (χ2v) is 6.61. The molecule has 0 aromatic heterocycles. The highest BCUT2D eigenvalue weighted by Crippen LogP contribution is 2.45. The van der Waals surface area contributed by atoms with Crippen molar-refractivity contribution in [1.82, 2.24) is 9.80 Å². The highest BCUT2D eigenvalue weighted by Gasteiger charge is 2.49. The van der Waals surface area contributed by atoms with Gasteiger partial charge in [-0.3, -0.25) is 9.59 Å².